The molecule has 0 aliphatic rings. The molecule has 0 radical (unpaired) electrons. The SMILES string of the molecule is COc1c(I)ccc2c1[n+](=O)c1ccccc1n2O. The van der Waals surface area contributed by atoms with Crippen LogP contribution in [-0.4, -0.2) is 17.0 Å². The topological polar surface area (TPSA) is 57.4 Å². The summed E-state index contributed by atoms with van der Waals surface area (Å²) in [5.74, 6) is 0.460. The van der Waals surface area contributed by atoms with Crippen molar-refractivity contribution >= 4 is 44.7 Å². The number of nitrogens with zero attached hydrogens (tertiary/aromatic N) is 2. The van der Waals surface area contributed by atoms with Crippen LogP contribution in [0, 0.1) is 8.48 Å². The minimum atomic E-state index is 0.315. The van der Waals surface area contributed by atoms with Crippen molar-refractivity contribution in [2.45, 2.75) is 0 Å². The van der Waals surface area contributed by atoms with E-state index in [0.717, 1.165) is 12.7 Å². The number of aromatic nitrogens is 2. The number of para-hydroxylation sites is 2. The predicted octanol–water partition coefficient (Wildman–Crippen LogP) is 2.56. The van der Waals surface area contributed by atoms with E-state index in [1.807, 2.05) is 0 Å². The quantitative estimate of drug-likeness (QED) is 0.311. The lowest BCUT2D eigenvalue weighted by molar-refractivity contribution is -0.433. The second-order valence-corrected chi connectivity index (χ2v) is 5.21. The molecule has 0 fully saturated rings. The van der Waals surface area contributed by atoms with Crippen LogP contribution in [-0.2, 0) is 0 Å². The van der Waals surface area contributed by atoms with Crippen molar-refractivity contribution in [3.8, 4) is 5.75 Å². The first-order valence-electron chi connectivity index (χ1n) is 5.57. The van der Waals surface area contributed by atoms with Crippen LogP contribution in [0.1, 0.15) is 0 Å². The molecule has 0 aliphatic carbocycles. The molecule has 5 nitrogen and oxygen atoms in total. The fourth-order valence-electron chi connectivity index (χ4n) is 2.16. The summed E-state index contributed by atoms with van der Waals surface area (Å²) < 4.78 is 7.90. The number of hydrogen-bond acceptors (Lipinski definition) is 3. The molecule has 0 unspecified atom stereocenters. The standard InChI is InChI=1S/C13H10IN2O3/c1-19-13-8(14)6-7-11-12(13)16(18)10-5-3-2-4-9(10)15(11)17/h2-7,17H,1H3/q+1. The second-order valence-electron chi connectivity index (χ2n) is 4.04. The van der Waals surface area contributed by atoms with Crippen LogP contribution in [0.4, 0.5) is 0 Å². The van der Waals surface area contributed by atoms with Crippen LogP contribution < -0.4 is 9.16 Å². The average Bonchev–Trinajstić information content (AvgIpc) is 2.44. The normalized spacial score (nSPS) is 11.1. The Morgan fingerprint density at radius 3 is 2.68 bits per heavy atom. The van der Waals surface area contributed by atoms with Crippen molar-refractivity contribution < 1.29 is 14.4 Å². The first kappa shape index (κ1) is 12.2. The summed E-state index contributed by atoms with van der Waals surface area (Å²) >= 11 is 2.09. The summed E-state index contributed by atoms with van der Waals surface area (Å²) in [5.41, 5.74) is 1.56. The average molecular weight is 369 g/mol. The summed E-state index contributed by atoms with van der Waals surface area (Å²) in [6.07, 6.45) is 0. The molecule has 0 atom stereocenters. The smallest absolute Gasteiger partial charge is 0.333 e. The third-order valence-corrected chi connectivity index (χ3v) is 3.88. The van der Waals surface area contributed by atoms with Gasteiger partial charge in [0.15, 0.2) is 11.0 Å². The summed E-state index contributed by atoms with van der Waals surface area (Å²) in [6.45, 7) is 0. The third-order valence-electron chi connectivity index (χ3n) is 3.03. The van der Waals surface area contributed by atoms with Gasteiger partial charge in [-0.15, -0.1) is 0 Å². The van der Waals surface area contributed by atoms with Gasteiger partial charge in [-0.3, -0.25) is 0 Å². The summed E-state index contributed by atoms with van der Waals surface area (Å²) in [6, 6.07) is 10.4. The maximum Gasteiger partial charge on any atom is 0.333 e. The minimum Gasteiger partial charge on any atom is -0.489 e. The summed E-state index contributed by atoms with van der Waals surface area (Å²) in [7, 11) is 1.51. The van der Waals surface area contributed by atoms with E-state index in [9.17, 15) is 10.1 Å². The molecule has 0 saturated heterocycles. The lowest BCUT2D eigenvalue weighted by atomic mass is 10.2. The highest BCUT2D eigenvalue weighted by Crippen LogP contribution is 2.29. The Balaban J connectivity index is 2.68. The van der Waals surface area contributed by atoms with Gasteiger partial charge < -0.3 is 9.94 Å². The number of ether oxygens (including phenoxy) is 1. The largest absolute Gasteiger partial charge is 0.489 e. The van der Waals surface area contributed by atoms with Crippen LogP contribution >= 0.6 is 22.6 Å². The second kappa shape index (κ2) is 4.37. The Kier molecular flexibility index (Phi) is 2.81. The van der Waals surface area contributed by atoms with Crippen LogP contribution in [0.25, 0.3) is 22.1 Å². The fraction of sp³-hybridized carbons (Fsp3) is 0.0769. The summed E-state index contributed by atoms with van der Waals surface area (Å²) in [5, 5.41) is 10.3. The van der Waals surface area contributed by atoms with Crippen molar-refractivity contribution in [1.82, 2.24) is 4.73 Å². The summed E-state index contributed by atoms with van der Waals surface area (Å²) in [4.78, 5) is 12.5. The zero-order valence-electron chi connectivity index (χ0n) is 10.0. The molecule has 2 aromatic carbocycles. The number of benzene rings is 2. The lowest BCUT2D eigenvalue weighted by Gasteiger charge is -2.06. The van der Waals surface area contributed by atoms with Crippen molar-refractivity contribution in [2.24, 2.45) is 0 Å². The van der Waals surface area contributed by atoms with Crippen molar-refractivity contribution in [3.05, 3.63) is 44.9 Å². The van der Waals surface area contributed by atoms with E-state index in [1.54, 1.807) is 36.4 Å². The molecule has 0 aliphatic heterocycles. The maximum absolute atomic E-state index is 12.5. The molecule has 1 N–H and O–H groups in total. The van der Waals surface area contributed by atoms with E-state index in [4.69, 9.17) is 4.74 Å². The minimum absolute atomic E-state index is 0.315. The van der Waals surface area contributed by atoms with Gasteiger partial charge in [0, 0.05) is 11.0 Å². The molecule has 3 aromatic rings. The van der Waals surface area contributed by atoms with E-state index in [1.165, 1.54) is 7.11 Å². The van der Waals surface area contributed by atoms with Gasteiger partial charge in [-0.05, 0) is 40.8 Å². The van der Waals surface area contributed by atoms with Gasteiger partial charge in [-0.1, -0.05) is 12.1 Å². The predicted molar refractivity (Wildman–Crippen MR) is 79.3 cm³/mol. The first-order chi connectivity index (χ1) is 9.15. The van der Waals surface area contributed by atoms with Crippen LogP contribution in [0.5, 0.6) is 5.75 Å². The van der Waals surface area contributed by atoms with Gasteiger partial charge in [-0.25, -0.2) is 0 Å². The number of fused-ring (bicyclic) bond motifs is 2. The van der Waals surface area contributed by atoms with E-state index in [-0.39, 0.29) is 0 Å². The van der Waals surface area contributed by atoms with Crippen molar-refractivity contribution in [2.75, 3.05) is 7.11 Å². The zero-order valence-corrected chi connectivity index (χ0v) is 12.2. The molecule has 6 heteroatoms. The molecule has 0 spiro atoms. The zero-order chi connectivity index (χ0) is 13.6. The Labute approximate surface area is 121 Å². The molecule has 1 aromatic heterocycles. The number of methoxy groups -OCH3 is 1. The van der Waals surface area contributed by atoms with E-state index < -0.39 is 0 Å². The van der Waals surface area contributed by atoms with Gasteiger partial charge in [0.2, 0.25) is 5.75 Å². The highest BCUT2D eigenvalue weighted by atomic mass is 127. The molecule has 3 rings (SSSR count). The van der Waals surface area contributed by atoms with Gasteiger partial charge in [0.05, 0.1) is 15.1 Å². The van der Waals surface area contributed by atoms with Crippen LogP contribution in [0.3, 0.4) is 0 Å². The number of halogens is 1. The molecule has 19 heavy (non-hydrogen) atoms. The van der Waals surface area contributed by atoms with Crippen LogP contribution in [0.2, 0.25) is 0 Å². The molecular formula is C13H10IN2O3+. The van der Waals surface area contributed by atoms with Gasteiger partial charge in [0.1, 0.15) is 0 Å². The lowest BCUT2D eigenvalue weighted by Crippen LogP contribution is -2.21. The highest BCUT2D eigenvalue weighted by molar-refractivity contribution is 14.1. The van der Waals surface area contributed by atoms with E-state index in [0.29, 0.717) is 27.8 Å². The van der Waals surface area contributed by atoms with Gasteiger partial charge >= 0.3 is 5.52 Å². The highest BCUT2D eigenvalue weighted by Gasteiger charge is 2.23. The number of rotatable bonds is 1. The molecule has 1 heterocycles. The monoisotopic (exact) mass is 369 g/mol. The molecule has 0 amide bonds. The molecule has 0 bridgehead atoms. The van der Waals surface area contributed by atoms with E-state index in [2.05, 4.69) is 22.6 Å². The van der Waals surface area contributed by atoms with Gasteiger partial charge in [-0.2, -0.15) is 4.73 Å². The molecule has 96 valence electrons. The fourth-order valence-corrected chi connectivity index (χ4v) is 2.82. The Bertz CT molecular complexity index is 858. The Hall–Kier alpha value is -1.83. The first-order valence-corrected chi connectivity index (χ1v) is 6.65. The number of hydrogen-bond donors (Lipinski definition) is 1. The Morgan fingerprint density at radius 2 is 1.95 bits per heavy atom. The third kappa shape index (κ3) is 1.66. The van der Waals surface area contributed by atoms with Gasteiger partial charge in [0.25, 0.3) is 5.52 Å². The maximum atomic E-state index is 12.5. The van der Waals surface area contributed by atoms with E-state index >= 15 is 0 Å². The molecular weight excluding hydrogens is 359 g/mol. The Morgan fingerprint density at radius 1 is 1.21 bits per heavy atom. The van der Waals surface area contributed by atoms with Crippen LogP contribution in [0.15, 0.2) is 36.4 Å². The van der Waals surface area contributed by atoms with Crippen molar-refractivity contribution in [3.63, 3.8) is 0 Å². The van der Waals surface area contributed by atoms with Crippen molar-refractivity contribution in [1.29, 1.82) is 0 Å². The molecule has 0 saturated carbocycles.